The lowest BCUT2D eigenvalue weighted by atomic mass is 10.1. The molecule has 6 nitrogen and oxygen atoms in total. The summed E-state index contributed by atoms with van der Waals surface area (Å²) in [7, 11) is 0. The first kappa shape index (κ1) is 61.8. The second kappa shape index (κ2) is 53.4. The predicted molar refractivity (Wildman–Crippen MR) is 283 cm³/mol. The Bertz CT molecular complexity index is 1420. The molecular formula is C60H96O6. The Morgan fingerprint density at radius 1 is 0.333 bits per heavy atom. The van der Waals surface area contributed by atoms with Crippen LogP contribution in [-0.4, -0.2) is 37.2 Å². The topological polar surface area (TPSA) is 78.9 Å². The van der Waals surface area contributed by atoms with E-state index in [4.69, 9.17) is 14.2 Å². The van der Waals surface area contributed by atoms with Crippen molar-refractivity contribution in [2.24, 2.45) is 0 Å². The van der Waals surface area contributed by atoms with Gasteiger partial charge in [-0.1, -0.05) is 232 Å². The standard InChI is InChI=1S/C60H96O6/c1-4-7-10-13-16-19-22-25-27-29-31-32-35-38-41-44-47-50-53-59(62)65-56-57(55-64-58(61)52-49-46-43-40-37-34-24-21-18-15-12-9-6-3)66-60(63)54-51-48-45-42-39-36-33-30-28-26-23-20-17-14-11-8-5-2/h9-10,12-13,15-22,24-29,31-32,57H,4-8,11,14,23,30,33-56H2,1-3H3/b12-9-,13-10-,18-15-,19-16-,20-17-,24-21-,25-22-,28-26-,29-27-,32-31-. The Balaban J connectivity index is 4.50. The number of unbranched alkanes of at least 4 members (excludes halogenated alkanes) is 21. The van der Waals surface area contributed by atoms with Gasteiger partial charge in [0.05, 0.1) is 0 Å². The molecule has 6 heteroatoms. The molecule has 0 fully saturated rings. The minimum absolute atomic E-state index is 0.104. The number of carbonyl (C=O) groups is 3. The smallest absolute Gasteiger partial charge is 0.306 e. The van der Waals surface area contributed by atoms with Crippen molar-refractivity contribution in [3.8, 4) is 0 Å². The van der Waals surface area contributed by atoms with Gasteiger partial charge in [0.1, 0.15) is 13.2 Å². The highest BCUT2D eigenvalue weighted by Gasteiger charge is 2.19. The molecule has 0 saturated carbocycles. The largest absolute Gasteiger partial charge is 0.462 e. The number of rotatable bonds is 46. The Kier molecular flexibility index (Phi) is 50.0. The second-order valence-corrected chi connectivity index (χ2v) is 17.2. The highest BCUT2D eigenvalue weighted by molar-refractivity contribution is 5.71. The molecule has 1 atom stereocenters. The fourth-order valence-corrected chi connectivity index (χ4v) is 6.85. The van der Waals surface area contributed by atoms with Crippen LogP contribution in [0.15, 0.2) is 122 Å². The third-order valence-corrected chi connectivity index (χ3v) is 10.8. The SMILES string of the molecule is CC\C=C/C=C\C=C/CCCCCCCC(=O)OCC(COC(=O)CCCCCCC\C=C/C=C\C=C/C=C\C=C/CCC)OC(=O)CCCCCCCCC/C=C\C/C=C\CCCCC. The van der Waals surface area contributed by atoms with Crippen molar-refractivity contribution in [3.05, 3.63) is 122 Å². The second-order valence-electron chi connectivity index (χ2n) is 17.2. The van der Waals surface area contributed by atoms with Crippen molar-refractivity contribution in [1.29, 1.82) is 0 Å². The van der Waals surface area contributed by atoms with E-state index in [0.717, 1.165) is 122 Å². The van der Waals surface area contributed by atoms with Crippen molar-refractivity contribution in [3.63, 3.8) is 0 Å². The van der Waals surface area contributed by atoms with Crippen molar-refractivity contribution in [2.45, 2.75) is 226 Å². The lowest BCUT2D eigenvalue weighted by molar-refractivity contribution is -0.167. The number of hydrogen-bond acceptors (Lipinski definition) is 6. The number of ether oxygens (including phenoxy) is 3. The summed E-state index contributed by atoms with van der Waals surface area (Å²) in [5, 5.41) is 0. The molecule has 0 aromatic rings. The summed E-state index contributed by atoms with van der Waals surface area (Å²) in [6, 6.07) is 0. The summed E-state index contributed by atoms with van der Waals surface area (Å²) >= 11 is 0. The zero-order chi connectivity index (χ0) is 47.9. The van der Waals surface area contributed by atoms with E-state index in [-0.39, 0.29) is 31.1 Å². The fourth-order valence-electron chi connectivity index (χ4n) is 6.85. The molecule has 0 aromatic heterocycles. The maximum Gasteiger partial charge on any atom is 0.306 e. The van der Waals surface area contributed by atoms with Gasteiger partial charge in [-0.3, -0.25) is 14.4 Å². The molecule has 0 aliphatic rings. The zero-order valence-corrected chi connectivity index (χ0v) is 42.4. The van der Waals surface area contributed by atoms with Gasteiger partial charge in [-0.05, 0) is 89.9 Å². The van der Waals surface area contributed by atoms with Crippen LogP contribution in [0.2, 0.25) is 0 Å². The third-order valence-electron chi connectivity index (χ3n) is 10.8. The number of allylic oxidation sites excluding steroid dienone is 20. The maximum atomic E-state index is 12.8. The van der Waals surface area contributed by atoms with Gasteiger partial charge in [0.15, 0.2) is 6.10 Å². The highest BCUT2D eigenvalue weighted by atomic mass is 16.6. The first-order valence-electron chi connectivity index (χ1n) is 26.6. The minimum Gasteiger partial charge on any atom is -0.462 e. The van der Waals surface area contributed by atoms with Gasteiger partial charge < -0.3 is 14.2 Å². The first-order valence-corrected chi connectivity index (χ1v) is 26.6. The average Bonchev–Trinajstić information content (AvgIpc) is 3.31. The maximum absolute atomic E-state index is 12.8. The molecule has 66 heavy (non-hydrogen) atoms. The first-order chi connectivity index (χ1) is 32.5. The summed E-state index contributed by atoms with van der Waals surface area (Å²) in [6.07, 6.45) is 73.1. The number of carbonyl (C=O) groups excluding carboxylic acids is 3. The molecule has 0 bridgehead atoms. The normalized spacial score (nSPS) is 13.1. The van der Waals surface area contributed by atoms with Crippen LogP contribution in [0.5, 0.6) is 0 Å². The van der Waals surface area contributed by atoms with Crippen LogP contribution in [0.25, 0.3) is 0 Å². The third kappa shape index (κ3) is 50.8. The van der Waals surface area contributed by atoms with Crippen LogP contribution in [0.3, 0.4) is 0 Å². The molecule has 0 spiro atoms. The molecule has 0 rings (SSSR count). The zero-order valence-electron chi connectivity index (χ0n) is 42.4. The van der Waals surface area contributed by atoms with E-state index in [2.05, 4.69) is 118 Å². The van der Waals surface area contributed by atoms with E-state index in [9.17, 15) is 14.4 Å². The van der Waals surface area contributed by atoms with Crippen molar-refractivity contribution >= 4 is 17.9 Å². The fraction of sp³-hybridized carbons (Fsp3) is 0.617. The van der Waals surface area contributed by atoms with E-state index < -0.39 is 6.10 Å². The molecule has 0 aliphatic heterocycles. The molecule has 0 aromatic carbocycles. The average molecular weight is 913 g/mol. The van der Waals surface area contributed by atoms with Crippen LogP contribution >= 0.6 is 0 Å². The number of esters is 3. The molecule has 0 saturated heterocycles. The minimum atomic E-state index is -0.805. The monoisotopic (exact) mass is 913 g/mol. The summed E-state index contributed by atoms with van der Waals surface area (Å²) < 4.78 is 16.8. The summed E-state index contributed by atoms with van der Waals surface area (Å²) in [6.45, 7) is 6.33. The lowest BCUT2D eigenvalue weighted by Gasteiger charge is -2.18. The van der Waals surface area contributed by atoms with E-state index in [1.807, 2.05) is 24.3 Å². The molecule has 0 amide bonds. The van der Waals surface area contributed by atoms with Gasteiger partial charge >= 0.3 is 17.9 Å². The van der Waals surface area contributed by atoms with Crippen LogP contribution in [0.4, 0.5) is 0 Å². The van der Waals surface area contributed by atoms with Gasteiger partial charge in [0, 0.05) is 19.3 Å². The van der Waals surface area contributed by atoms with E-state index >= 15 is 0 Å². The molecule has 0 aliphatic carbocycles. The molecule has 372 valence electrons. The quantitative estimate of drug-likeness (QED) is 0.0199. The van der Waals surface area contributed by atoms with Gasteiger partial charge in [-0.15, -0.1) is 0 Å². The van der Waals surface area contributed by atoms with Crippen LogP contribution in [-0.2, 0) is 28.6 Å². The Morgan fingerprint density at radius 2 is 0.682 bits per heavy atom. The van der Waals surface area contributed by atoms with Crippen LogP contribution < -0.4 is 0 Å². The van der Waals surface area contributed by atoms with Gasteiger partial charge in [-0.2, -0.15) is 0 Å². The van der Waals surface area contributed by atoms with Crippen molar-refractivity contribution in [1.82, 2.24) is 0 Å². The lowest BCUT2D eigenvalue weighted by Crippen LogP contribution is -2.30. The Labute approximate surface area is 405 Å². The van der Waals surface area contributed by atoms with Gasteiger partial charge in [0.25, 0.3) is 0 Å². The van der Waals surface area contributed by atoms with E-state index in [0.29, 0.717) is 19.3 Å². The highest BCUT2D eigenvalue weighted by Crippen LogP contribution is 2.14. The van der Waals surface area contributed by atoms with Crippen LogP contribution in [0, 0.1) is 0 Å². The molecule has 0 heterocycles. The van der Waals surface area contributed by atoms with Crippen LogP contribution in [0.1, 0.15) is 220 Å². The van der Waals surface area contributed by atoms with E-state index in [1.54, 1.807) is 0 Å². The van der Waals surface area contributed by atoms with Gasteiger partial charge in [-0.25, -0.2) is 0 Å². The number of hydrogen-bond donors (Lipinski definition) is 0. The predicted octanol–water partition coefficient (Wildman–Crippen LogP) is 17.7. The molecule has 0 radical (unpaired) electrons. The Hall–Kier alpha value is -4.19. The molecular weight excluding hydrogens is 817 g/mol. The van der Waals surface area contributed by atoms with E-state index in [1.165, 1.54) is 57.8 Å². The summed E-state index contributed by atoms with van der Waals surface area (Å²) in [5.74, 6) is -0.962. The van der Waals surface area contributed by atoms with Crippen molar-refractivity contribution in [2.75, 3.05) is 13.2 Å². The van der Waals surface area contributed by atoms with Crippen molar-refractivity contribution < 1.29 is 28.6 Å². The summed E-state index contributed by atoms with van der Waals surface area (Å²) in [4.78, 5) is 38.1. The molecule has 0 N–H and O–H groups in total. The van der Waals surface area contributed by atoms with Gasteiger partial charge in [0.2, 0.25) is 0 Å². The summed E-state index contributed by atoms with van der Waals surface area (Å²) in [5.41, 5.74) is 0. The Morgan fingerprint density at radius 3 is 1.11 bits per heavy atom. The molecule has 1 unspecified atom stereocenters.